The Morgan fingerprint density at radius 1 is 1.25 bits per heavy atom. The van der Waals surface area contributed by atoms with Gasteiger partial charge in [0.2, 0.25) is 0 Å². The number of aliphatic hydroxyl groups excluding tert-OH is 2. The largest absolute Gasteiger partial charge is 0.507 e. The maximum absolute atomic E-state index is 11.6. The molecule has 3 N–H and O–H groups in total. The molecular formula is C14H18O6. The minimum atomic E-state index is -1.75. The number of carbonyl (C=O) groups excluding carboxylic acids is 2. The number of hydrogen-bond acceptors (Lipinski definition) is 6. The fourth-order valence-corrected chi connectivity index (χ4v) is 1.69. The van der Waals surface area contributed by atoms with E-state index in [1.165, 1.54) is 18.2 Å². The van der Waals surface area contributed by atoms with Gasteiger partial charge in [-0.05, 0) is 24.6 Å². The summed E-state index contributed by atoms with van der Waals surface area (Å²) in [5, 5.41) is 29.2. The third-order valence-corrected chi connectivity index (χ3v) is 2.81. The number of aromatic hydroxyl groups is 1. The molecule has 1 aromatic rings. The zero-order valence-corrected chi connectivity index (χ0v) is 11.4. The number of Topliss-reactive ketones (excluding diaryl/α,β-unsaturated/α-hetero) is 1. The molecule has 1 rings (SSSR count). The molecule has 0 radical (unpaired) electrons. The SMILES string of the molecule is CCOC(=O)C(O)C(O)c1ccc(O)c(C(=O)CC)c1. The highest BCUT2D eigenvalue weighted by Gasteiger charge is 2.27. The molecule has 1 aromatic carbocycles. The van der Waals surface area contributed by atoms with Crippen LogP contribution in [-0.4, -0.2) is 39.8 Å². The average molecular weight is 282 g/mol. The Labute approximate surface area is 116 Å². The minimum absolute atomic E-state index is 0.0418. The molecule has 0 saturated carbocycles. The van der Waals surface area contributed by atoms with Crippen LogP contribution in [0.25, 0.3) is 0 Å². The molecular weight excluding hydrogens is 264 g/mol. The Morgan fingerprint density at radius 3 is 2.45 bits per heavy atom. The molecule has 0 aliphatic heterocycles. The summed E-state index contributed by atoms with van der Waals surface area (Å²) in [6.07, 6.45) is -3.09. The maximum Gasteiger partial charge on any atom is 0.338 e. The van der Waals surface area contributed by atoms with Crippen LogP contribution < -0.4 is 0 Å². The second kappa shape index (κ2) is 7.02. The van der Waals surface area contributed by atoms with E-state index in [1.54, 1.807) is 13.8 Å². The highest BCUT2D eigenvalue weighted by Crippen LogP contribution is 2.25. The molecule has 6 nitrogen and oxygen atoms in total. The van der Waals surface area contributed by atoms with E-state index in [0.717, 1.165) is 0 Å². The van der Waals surface area contributed by atoms with Gasteiger partial charge in [-0.15, -0.1) is 0 Å². The van der Waals surface area contributed by atoms with Crippen molar-refractivity contribution >= 4 is 11.8 Å². The van der Waals surface area contributed by atoms with E-state index in [1.807, 2.05) is 0 Å². The minimum Gasteiger partial charge on any atom is -0.507 e. The third-order valence-electron chi connectivity index (χ3n) is 2.81. The van der Waals surface area contributed by atoms with Gasteiger partial charge in [-0.3, -0.25) is 4.79 Å². The Kier molecular flexibility index (Phi) is 5.66. The van der Waals surface area contributed by atoms with E-state index >= 15 is 0 Å². The number of benzene rings is 1. The molecule has 0 heterocycles. The van der Waals surface area contributed by atoms with Crippen LogP contribution >= 0.6 is 0 Å². The van der Waals surface area contributed by atoms with Gasteiger partial charge in [-0.2, -0.15) is 0 Å². The normalized spacial score (nSPS) is 13.6. The van der Waals surface area contributed by atoms with E-state index < -0.39 is 18.2 Å². The van der Waals surface area contributed by atoms with Gasteiger partial charge in [-0.25, -0.2) is 4.79 Å². The first kappa shape index (κ1) is 16.1. The van der Waals surface area contributed by atoms with Crippen molar-refractivity contribution in [2.75, 3.05) is 6.61 Å². The van der Waals surface area contributed by atoms with E-state index in [9.17, 15) is 24.9 Å². The number of ether oxygens (including phenoxy) is 1. The molecule has 2 unspecified atom stereocenters. The molecule has 110 valence electrons. The zero-order valence-electron chi connectivity index (χ0n) is 11.4. The predicted molar refractivity (Wildman–Crippen MR) is 70.3 cm³/mol. The lowest BCUT2D eigenvalue weighted by atomic mass is 9.99. The summed E-state index contributed by atoms with van der Waals surface area (Å²) in [6, 6.07) is 3.82. The highest BCUT2D eigenvalue weighted by atomic mass is 16.5. The van der Waals surface area contributed by atoms with E-state index in [0.29, 0.717) is 0 Å². The lowest BCUT2D eigenvalue weighted by Crippen LogP contribution is -2.30. The average Bonchev–Trinajstić information content (AvgIpc) is 2.45. The van der Waals surface area contributed by atoms with Gasteiger partial charge in [0.25, 0.3) is 0 Å². The molecule has 0 amide bonds. The summed E-state index contributed by atoms with van der Waals surface area (Å²) in [5.41, 5.74) is 0.195. The van der Waals surface area contributed by atoms with Crippen LogP contribution in [0.1, 0.15) is 42.3 Å². The molecule has 0 aliphatic carbocycles. The predicted octanol–water partition coefficient (Wildman–Crippen LogP) is 0.942. The Morgan fingerprint density at radius 2 is 1.90 bits per heavy atom. The number of esters is 1. The molecule has 20 heavy (non-hydrogen) atoms. The highest BCUT2D eigenvalue weighted by molar-refractivity contribution is 5.98. The molecule has 0 bridgehead atoms. The number of ketones is 1. The lowest BCUT2D eigenvalue weighted by Gasteiger charge is -2.17. The van der Waals surface area contributed by atoms with Crippen molar-refractivity contribution in [2.45, 2.75) is 32.5 Å². The monoisotopic (exact) mass is 282 g/mol. The Balaban J connectivity index is 3.02. The smallest absolute Gasteiger partial charge is 0.338 e. The van der Waals surface area contributed by atoms with Crippen LogP contribution in [0.2, 0.25) is 0 Å². The van der Waals surface area contributed by atoms with Crippen molar-refractivity contribution in [3.8, 4) is 5.75 Å². The first-order chi connectivity index (χ1) is 9.42. The number of aliphatic hydroxyl groups is 2. The van der Waals surface area contributed by atoms with Crippen molar-refractivity contribution < 1.29 is 29.6 Å². The third kappa shape index (κ3) is 3.55. The van der Waals surface area contributed by atoms with Crippen LogP contribution in [0, 0.1) is 0 Å². The number of phenolic OH excluding ortho intramolecular Hbond substituents is 1. The molecule has 0 spiro atoms. The summed E-state index contributed by atoms with van der Waals surface area (Å²) >= 11 is 0. The number of hydrogen-bond donors (Lipinski definition) is 3. The van der Waals surface area contributed by atoms with Crippen molar-refractivity contribution in [3.05, 3.63) is 29.3 Å². The topological polar surface area (TPSA) is 104 Å². The fraction of sp³-hybridized carbons (Fsp3) is 0.429. The van der Waals surface area contributed by atoms with Gasteiger partial charge < -0.3 is 20.1 Å². The fourth-order valence-electron chi connectivity index (χ4n) is 1.69. The van der Waals surface area contributed by atoms with E-state index in [2.05, 4.69) is 4.74 Å². The van der Waals surface area contributed by atoms with Crippen LogP contribution in [0.4, 0.5) is 0 Å². The summed E-state index contributed by atoms with van der Waals surface area (Å²) in [4.78, 5) is 23.0. The standard InChI is InChI=1S/C14H18O6/c1-3-10(15)9-7-8(5-6-11(9)16)12(17)13(18)14(19)20-4-2/h5-7,12-13,16-18H,3-4H2,1-2H3. The van der Waals surface area contributed by atoms with Gasteiger partial charge in [0, 0.05) is 6.42 Å². The molecule has 2 atom stereocenters. The van der Waals surface area contributed by atoms with Crippen molar-refractivity contribution in [1.29, 1.82) is 0 Å². The molecule has 0 aliphatic rings. The Bertz CT molecular complexity index is 496. The first-order valence-electron chi connectivity index (χ1n) is 6.31. The van der Waals surface area contributed by atoms with Gasteiger partial charge >= 0.3 is 5.97 Å². The summed E-state index contributed by atoms with van der Waals surface area (Å²) in [5.74, 6) is -1.46. The Hall–Kier alpha value is -1.92. The molecule has 0 aromatic heterocycles. The van der Waals surface area contributed by atoms with Crippen molar-refractivity contribution in [2.24, 2.45) is 0 Å². The zero-order chi connectivity index (χ0) is 15.3. The van der Waals surface area contributed by atoms with Gasteiger partial charge in [0.05, 0.1) is 12.2 Å². The summed E-state index contributed by atoms with van der Waals surface area (Å²) in [7, 11) is 0. The van der Waals surface area contributed by atoms with E-state index in [4.69, 9.17) is 0 Å². The van der Waals surface area contributed by atoms with Gasteiger partial charge in [0.1, 0.15) is 11.9 Å². The maximum atomic E-state index is 11.6. The van der Waals surface area contributed by atoms with Crippen molar-refractivity contribution in [1.82, 2.24) is 0 Å². The number of carbonyl (C=O) groups is 2. The second-order valence-electron chi connectivity index (χ2n) is 4.20. The summed E-state index contributed by atoms with van der Waals surface area (Å²) < 4.78 is 4.60. The second-order valence-corrected chi connectivity index (χ2v) is 4.20. The van der Waals surface area contributed by atoms with E-state index in [-0.39, 0.29) is 35.7 Å². The number of phenols is 1. The molecule has 0 fully saturated rings. The quantitative estimate of drug-likeness (QED) is 0.530. The number of rotatable bonds is 6. The van der Waals surface area contributed by atoms with Gasteiger partial charge in [-0.1, -0.05) is 13.0 Å². The molecule has 0 saturated heterocycles. The molecule has 6 heteroatoms. The van der Waals surface area contributed by atoms with Crippen LogP contribution in [0.5, 0.6) is 5.75 Å². The van der Waals surface area contributed by atoms with Gasteiger partial charge in [0.15, 0.2) is 11.9 Å². The summed E-state index contributed by atoms with van der Waals surface area (Å²) in [6.45, 7) is 3.30. The van der Waals surface area contributed by atoms with Crippen LogP contribution in [0.15, 0.2) is 18.2 Å². The van der Waals surface area contributed by atoms with Crippen molar-refractivity contribution in [3.63, 3.8) is 0 Å². The first-order valence-corrected chi connectivity index (χ1v) is 6.31. The lowest BCUT2D eigenvalue weighted by molar-refractivity contribution is -0.159. The van der Waals surface area contributed by atoms with Crippen LogP contribution in [0.3, 0.4) is 0 Å². The van der Waals surface area contributed by atoms with Crippen LogP contribution in [-0.2, 0) is 9.53 Å².